The molecule has 1 saturated heterocycles. The van der Waals surface area contributed by atoms with Gasteiger partial charge in [-0.05, 0) is 45.0 Å². The van der Waals surface area contributed by atoms with Crippen LogP contribution in [0, 0.1) is 11.3 Å². The highest BCUT2D eigenvalue weighted by Crippen LogP contribution is 2.33. The van der Waals surface area contributed by atoms with E-state index in [2.05, 4.69) is 0 Å². The number of halogens is 3. The Kier molecular flexibility index (Phi) is 5.52. The molecule has 2 rings (SSSR count). The third kappa shape index (κ3) is 3.90. The number of nitriles is 1. The Morgan fingerprint density at radius 1 is 1.11 bits per heavy atom. The molecule has 1 heterocycles. The van der Waals surface area contributed by atoms with Crippen molar-refractivity contribution in [2.24, 2.45) is 0 Å². The molecule has 0 unspecified atom stereocenters. The van der Waals surface area contributed by atoms with E-state index < -0.39 is 29.8 Å². The number of piperazine rings is 1. The summed E-state index contributed by atoms with van der Waals surface area (Å²) in [5.41, 5.74) is -2.74. The summed E-state index contributed by atoms with van der Waals surface area (Å²) in [5.74, 6) is -1.77. The summed E-state index contributed by atoms with van der Waals surface area (Å²) in [6.45, 7) is 3.47. The van der Waals surface area contributed by atoms with E-state index in [-0.39, 0.29) is 19.0 Å². The highest BCUT2D eigenvalue weighted by Gasteiger charge is 2.58. The molecule has 1 aliphatic heterocycles. The number of benzene rings is 1. The number of hydrogen-bond donors (Lipinski definition) is 1. The number of amides is 2. The minimum absolute atomic E-state index is 0.0275. The number of carbonyl (C=O) groups is 2. The second-order valence-electron chi connectivity index (χ2n) is 6.87. The molecule has 146 valence electrons. The fourth-order valence-corrected chi connectivity index (χ4v) is 2.95. The molecule has 1 fully saturated rings. The van der Waals surface area contributed by atoms with Gasteiger partial charge in [-0.25, -0.2) is 0 Å². The maximum atomic E-state index is 13.0. The van der Waals surface area contributed by atoms with Crippen molar-refractivity contribution in [1.29, 1.82) is 5.26 Å². The molecule has 1 aromatic rings. The zero-order chi connectivity index (χ0) is 20.6. The van der Waals surface area contributed by atoms with Gasteiger partial charge in [0.05, 0.1) is 11.6 Å². The first-order valence-electron chi connectivity index (χ1n) is 8.31. The van der Waals surface area contributed by atoms with Gasteiger partial charge in [-0.2, -0.15) is 18.4 Å². The Balaban J connectivity index is 2.18. The van der Waals surface area contributed by atoms with Gasteiger partial charge in [-0.1, -0.05) is 0 Å². The van der Waals surface area contributed by atoms with E-state index in [1.165, 1.54) is 36.1 Å². The molecule has 1 aliphatic rings. The molecule has 9 heteroatoms. The quantitative estimate of drug-likeness (QED) is 0.846. The average molecular weight is 383 g/mol. The first-order chi connectivity index (χ1) is 12.4. The normalized spacial score (nSPS) is 22.7. The molecule has 1 aromatic carbocycles. The van der Waals surface area contributed by atoms with Crippen LogP contribution in [-0.2, 0) is 4.79 Å². The van der Waals surface area contributed by atoms with Gasteiger partial charge in [-0.15, -0.1) is 0 Å². The lowest BCUT2D eigenvalue weighted by Crippen LogP contribution is -2.65. The van der Waals surface area contributed by atoms with Crippen molar-refractivity contribution < 1.29 is 27.9 Å². The van der Waals surface area contributed by atoms with Crippen molar-refractivity contribution in [3.8, 4) is 6.07 Å². The van der Waals surface area contributed by atoms with Crippen molar-refractivity contribution in [3.05, 3.63) is 35.4 Å². The molecule has 0 aromatic heterocycles. The predicted octanol–water partition coefficient (Wildman–Crippen LogP) is 1.93. The fourth-order valence-electron chi connectivity index (χ4n) is 2.95. The Morgan fingerprint density at radius 2 is 1.59 bits per heavy atom. The van der Waals surface area contributed by atoms with Gasteiger partial charge in [0.1, 0.15) is 0 Å². The van der Waals surface area contributed by atoms with Crippen LogP contribution in [0.4, 0.5) is 13.2 Å². The summed E-state index contributed by atoms with van der Waals surface area (Å²) in [6, 6.07) is 6.71. The van der Waals surface area contributed by atoms with Crippen molar-refractivity contribution >= 4 is 11.8 Å². The molecular formula is C18H20F3N3O3. The number of nitrogens with zero attached hydrogens (tertiary/aromatic N) is 3. The first kappa shape index (κ1) is 20.7. The number of alkyl halides is 3. The monoisotopic (exact) mass is 383 g/mol. The van der Waals surface area contributed by atoms with Crippen LogP contribution in [0.5, 0.6) is 0 Å². The Morgan fingerprint density at radius 3 is 2.07 bits per heavy atom. The first-order valence-corrected chi connectivity index (χ1v) is 8.31. The van der Waals surface area contributed by atoms with Gasteiger partial charge in [0, 0.05) is 30.7 Å². The van der Waals surface area contributed by atoms with Gasteiger partial charge in [-0.3, -0.25) is 9.59 Å². The Labute approximate surface area is 154 Å². The van der Waals surface area contributed by atoms with Crippen LogP contribution in [0.2, 0.25) is 0 Å². The molecule has 2 amide bonds. The molecule has 0 radical (unpaired) electrons. The van der Waals surface area contributed by atoms with Crippen LogP contribution in [0.25, 0.3) is 0 Å². The minimum Gasteiger partial charge on any atom is -0.373 e. The van der Waals surface area contributed by atoms with Gasteiger partial charge in [0.2, 0.25) is 5.60 Å². The molecule has 0 bridgehead atoms. The Bertz CT molecular complexity index is 769. The summed E-state index contributed by atoms with van der Waals surface area (Å²) in [6.07, 6.45) is -5.09. The smallest absolute Gasteiger partial charge is 0.373 e. The lowest BCUT2D eigenvalue weighted by atomic mass is 9.99. The van der Waals surface area contributed by atoms with Gasteiger partial charge in [0.15, 0.2) is 0 Å². The maximum absolute atomic E-state index is 13.0. The molecular weight excluding hydrogens is 363 g/mol. The van der Waals surface area contributed by atoms with Crippen LogP contribution in [0.3, 0.4) is 0 Å². The third-order valence-corrected chi connectivity index (χ3v) is 4.74. The predicted molar refractivity (Wildman–Crippen MR) is 89.5 cm³/mol. The maximum Gasteiger partial charge on any atom is 0.426 e. The average Bonchev–Trinajstić information content (AvgIpc) is 2.61. The van der Waals surface area contributed by atoms with E-state index in [0.717, 1.165) is 4.90 Å². The lowest BCUT2D eigenvalue weighted by molar-refractivity contribution is -0.251. The zero-order valence-corrected chi connectivity index (χ0v) is 15.1. The summed E-state index contributed by atoms with van der Waals surface area (Å²) in [4.78, 5) is 27.4. The second-order valence-corrected chi connectivity index (χ2v) is 6.87. The van der Waals surface area contributed by atoms with Crippen LogP contribution in [-0.4, -0.2) is 63.7 Å². The highest BCUT2D eigenvalue weighted by atomic mass is 19.4. The summed E-state index contributed by atoms with van der Waals surface area (Å²) < 4.78 is 38.9. The number of carbonyl (C=O) groups excluding carboxylic acids is 2. The largest absolute Gasteiger partial charge is 0.426 e. The minimum atomic E-state index is -5.09. The van der Waals surface area contributed by atoms with Crippen LogP contribution in [0.15, 0.2) is 24.3 Å². The third-order valence-electron chi connectivity index (χ3n) is 4.74. The Hall–Kier alpha value is -2.60. The van der Waals surface area contributed by atoms with Gasteiger partial charge < -0.3 is 14.9 Å². The zero-order valence-electron chi connectivity index (χ0n) is 15.1. The van der Waals surface area contributed by atoms with E-state index in [9.17, 15) is 27.9 Å². The topological polar surface area (TPSA) is 84.6 Å². The van der Waals surface area contributed by atoms with Crippen LogP contribution < -0.4 is 0 Å². The van der Waals surface area contributed by atoms with Gasteiger partial charge in [0.25, 0.3) is 11.8 Å². The fraction of sp³-hybridized carbons (Fsp3) is 0.500. The molecule has 6 nitrogen and oxygen atoms in total. The van der Waals surface area contributed by atoms with E-state index in [1.807, 2.05) is 6.07 Å². The lowest BCUT2D eigenvalue weighted by Gasteiger charge is -2.46. The summed E-state index contributed by atoms with van der Waals surface area (Å²) >= 11 is 0. The second kappa shape index (κ2) is 7.19. The SMILES string of the molecule is C[C@@H]1CN(C(=O)[C@](C)(O)C(F)(F)F)[C@@H](C)CN1C(=O)c1ccc(C#N)cc1. The van der Waals surface area contributed by atoms with Crippen molar-refractivity contribution in [2.45, 2.75) is 44.6 Å². The molecule has 27 heavy (non-hydrogen) atoms. The summed E-state index contributed by atoms with van der Waals surface area (Å²) in [5, 5.41) is 18.5. The van der Waals surface area contributed by atoms with Crippen molar-refractivity contribution in [3.63, 3.8) is 0 Å². The molecule has 0 saturated carbocycles. The molecule has 3 atom stereocenters. The molecule has 0 spiro atoms. The van der Waals surface area contributed by atoms with E-state index in [0.29, 0.717) is 18.1 Å². The van der Waals surface area contributed by atoms with Crippen LogP contribution in [0.1, 0.15) is 36.7 Å². The van der Waals surface area contributed by atoms with E-state index >= 15 is 0 Å². The van der Waals surface area contributed by atoms with E-state index in [1.54, 1.807) is 6.92 Å². The number of hydrogen-bond acceptors (Lipinski definition) is 4. The summed E-state index contributed by atoms with van der Waals surface area (Å²) in [7, 11) is 0. The van der Waals surface area contributed by atoms with Gasteiger partial charge >= 0.3 is 6.18 Å². The number of rotatable bonds is 2. The standard InChI is InChI=1S/C18H20F3N3O3/c1-11-10-24(16(26)17(3,27)18(19,20)21)12(2)9-23(11)15(25)14-6-4-13(8-22)5-7-14/h4-7,11-12,27H,9-10H2,1-3H3/t11-,12+,17+/m1/s1. The van der Waals surface area contributed by atoms with Crippen LogP contribution >= 0.6 is 0 Å². The highest BCUT2D eigenvalue weighted by molar-refractivity contribution is 5.95. The van der Waals surface area contributed by atoms with Crippen molar-refractivity contribution in [1.82, 2.24) is 9.80 Å². The molecule has 0 aliphatic carbocycles. The number of aliphatic hydroxyl groups is 1. The molecule has 1 N–H and O–H groups in total. The van der Waals surface area contributed by atoms with Crippen molar-refractivity contribution in [2.75, 3.05) is 13.1 Å². The van der Waals surface area contributed by atoms with E-state index in [4.69, 9.17) is 5.26 Å².